The van der Waals surface area contributed by atoms with E-state index in [2.05, 4.69) is 35.5 Å². The van der Waals surface area contributed by atoms with Crippen LogP contribution in [0.4, 0.5) is 0 Å². The second kappa shape index (κ2) is 5.55. The van der Waals surface area contributed by atoms with Gasteiger partial charge in [-0.15, -0.1) is 0 Å². The quantitative estimate of drug-likeness (QED) is 0.919. The molecule has 96 valence electrons. The van der Waals surface area contributed by atoms with Gasteiger partial charge in [-0.05, 0) is 37.2 Å². The molecule has 0 aliphatic carbocycles. The van der Waals surface area contributed by atoms with E-state index in [-0.39, 0.29) is 6.04 Å². The van der Waals surface area contributed by atoms with Gasteiger partial charge in [-0.25, -0.2) is 0 Å². The van der Waals surface area contributed by atoms with Crippen molar-refractivity contribution in [1.29, 1.82) is 0 Å². The number of aryl methyl sites for hydroxylation is 2. The van der Waals surface area contributed by atoms with Crippen molar-refractivity contribution in [2.24, 2.45) is 7.05 Å². The Morgan fingerprint density at radius 2 is 2.00 bits per heavy atom. The summed E-state index contributed by atoms with van der Waals surface area (Å²) >= 11 is 5.94. The lowest BCUT2D eigenvalue weighted by atomic mass is 10.0. The van der Waals surface area contributed by atoms with Crippen LogP contribution in [0.3, 0.4) is 0 Å². The van der Waals surface area contributed by atoms with E-state index >= 15 is 0 Å². The molecule has 0 aliphatic heterocycles. The van der Waals surface area contributed by atoms with Gasteiger partial charge in [0, 0.05) is 12.1 Å². The second-order valence-corrected chi connectivity index (χ2v) is 4.81. The Kier molecular flexibility index (Phi) is 4.04. The molecule has 0 saturated heterocycles. The molecule has 0 fully saturated rings. The van der Waals surface area contributed by atoms with Gasteiger partial charge in [0.15, 0.2) is 0 Å². The largest absolute Gasteiger partial charge is 0.305 e. The van der Waals surface area contributed by atoms with E-state index in [1.165, 1.54) is 5.56 Å². The number of nitrogens with one attached hydrogen (secondary N) is 1. The summed E-state index contributed by atoms with van der Waals surface area (Å²) in [7, 11) is 1.97. The van der Waals surface area contributed by atoms with Crippen LogP contribution in [0.25, 0.3) is 0 Å². The van der Waals surface area contributed by atoms with Crippen LogP contribution in [0.5, 0.6) is 0 Å². The monoisotopic (exact) mass is 263 g/mol. The molecule has 0 bridgehead atoms. The van der Waals surface area contributed by atoms with Crippen LogP contribution in [0.1, 0.15) is 29.9 Å². The first-order valence-electron chi connectivity index (χ1n) is 6.11. The van der Waals surface area contributed by atoms with Crippen molar-refractivity contribution >= 4 is 11.6 Å². The zero-order chi connectivity index (χ0) is 13.1. The SMILES string of the molecule is CCNC(c1ccc(Cl)cc1)c1cc(C)nn1C. The number of hydrogen-bond acceptors (Lipinski definition) is 2. The highest BCUT2D eigenvalue weighted by Gasteiger charge is 2.17. The Labute approximate surface area is 113 Å². The minimum absolute atomic E-state index is 0.151. The minimum Gasteiger partial charge on any atom is -0.305 e. The van der Waals surface area contributed by atoms with E-state index in [9.17, 15) is 0 Å². The van der Waals surface area contributed by atoms with Crippen LogP contribution < -0.4 is 5.32 Å². The average molecular weight is 264 g/mol. The molecule has 18 heavy (non-hydrogen) atoms. The minimum atomic E-state index is 0.151. The van der Waals surface area contributed by atoms with E-state index in [1.807, 2.05) is 30.8 Å². The van der Waals surface area contributed by atoms with Crippen LogP contribution in [0.2, 0.25) is 5.02 Å². The van der Waals surface area contributed by atoms with Crippen molar-refractivity contribution in [3.05, 3.63) is 52.3 Å². The van der Waals surface area contributed by atoms with Crippen molar-refractivity contribution in [1.82, 2.24) is 15.1 Å². The van der Waals surface area contributed by atoms with E-state index in [4.69, 9.17) is 11.6 Å². The summed E-state index contributed by atoms with van der Waals surface area (Å²) < 4.78 is 1.93. The fourth-order valence-electron chi connectivity index (χ4n) is 2.15. The third-order valence-electron chi connectivity index (χ3n) is 2.95. The molecule has 1 unspecified atom stereocenters. The fourth-order valence-corrected chi connectivity index (χ4v) is 2.28. The van der Waals surface area contributed by atoms with E-state index in [1.54, 1.807) is 0 Å². The lowest BCUT2D eigenvalue weighted by molar-refractivity contribution is 0.572. The predicted molar refractivity (Wildman–Crippen MR) is 74.9 cm³/mol. The smallest absolute Gasteiger partial charge is 0.0748 e. The summed E-state index contributed by atoms with van der Waals surface area (Å²) in [5.41, 5.74) is 3.39. The Balaban J connectivity index is 2.39. The topological polar surface area (TPSA) is 29.9 Å². The van der Waals surface area contributed by atoms with Gasteiger partial charge in [0.05, 0.1) is 17.4 Å². The Bertz CT molecular complexity index is 516. The van der Waals surface area contributed by atoms with Crippen molar-refractivity contribution in [3.8, 4) is 0 Å². The first-order valence-corrected chi connectivity index (χ1v) is 6.49. The van der Waals surface area contributed by atoms with Gasteiger partial charge in [-0.3, -0.25) is 4.68 Å². The highest BCUT2D eigenvalue weighted by atomic mass is 35.5. The van der Waals surface area contributed by atoms with Crippen molar-refractivity contribution < 1.29 is 0 Å². The molecule has 0 aliphatic rings. The molecule has 2 aromatic rings. The van der Waals surface area contributed by atoms with Crippen LogP contribution in [0.15, 0.2) is 30.3 Å². The normalized spacial score (nSPS) is 12.7. The fraction of sp³-hybridized carbons (Fsp3) is 0.357. The maximum atomic E-state index is 5.94. The molecule has 4 heteroatoms. The van der Waals surface area contributed by atoms with Gasteiger partial charge >= 0.3 is 0 Å². The maximum absolute atomic E-state index is 5.94. The van der Waals surface area contributed by atoms with Crippen LogP contribution in [-0.4, -0.2) is 16.3 Å². The molecular formula is C14H18ClN3. The summed E-state index contributed by atoms with van der Waals surface area (Å²) in [6, 6.07) is 10.2. The molecule has 0 spiro atoms. The highest BCUT2D eigenvalue weighted by molar-refractivity contribution is 6.30. The average Bonchev–Trinajstić information content (AvgIpc) is 2.67. The summed E-state index contributed by atoms with van der Waals surface area (Å²) in [6.07, 6.45) is 0. The molecule has 2 rings (SSSR count). The molecule has 1 heterocycles. The van der Waals surface area contributed by atoms with Crippen molar-refractivity contribution in [2.75, 3.05) is 6.54 Å². The third-order valence-corrected chi connectivity index (χ3v) is 3.20. The lowest BCUT2D eigenvalue weighted by Crippen LogP contribution is -2.24. The van der Waals surface area contributed by atoms with Crippen molar-refractivity contribution in [3.63, 3.8) is 0 Å². The summed E-state index contributed by atoms with van der Waals surface area (Å²) in [5.74, 6) is 0. The number of hydrogen-bond donors (Lipinski definition) is 1. The number of aromatic nitrogens is 2. The maximum Gasteiger partial charge on any atom is 0.0748 e. The van der Waals surface area contributed by atoms with Gasteiger partial charge in [-0.2, -0.15) is 5.10 Å². The first-order chi connectivity index (χ1) is 8.61. The van der Waals surface area contributed by atoms with Gasteiger partial charge < -0.3 is 5.32 Å². The molecule has 3 nitrogen and oxygen atoms in total. The van der Waals surface area contributed by atoms with Gasteiger partial charge in [0.1, 0.15) is 0 Å². The zero-order valence-electron chi connectivity index (χ0n) is 10.9. The number of nitrogens with zero attached hydrogens (tertiary/aromatic N) is 2. The molecule has 1 aromatic carbocycles. The molecular weight excluding hydrogens is 246 g/mol. The Morgan fingerprint density at radius 1 is 1.33 bits per heavy atom. The predicted octanol–water partition coefficient (Wildman–Crippen LogP) is 3.08. The van der Waals surface area contributed by atoms with Gasteiger partial charge in [-0.1, -0.05) is 30.7 Å². The Morgan fingerprint density at radius 3 is 2.50 bits per heavy atom. The van der Waals surface area contributed by atoms with E-state index in [0.717, 1.165) is 23.0 Å². The Hall–Kier alpha value is -1.32. The number of benzene rings is 1. The molecule has 1 N–H and O–H groups in total. The molecule has 0 saturated carbocycles. The third kappa shape index (κ3) is 2.74. The van der Waals surface area contributed by atoms with Gasteiger partial charge in [0.2, 0.25) is 0 Å². The first kappa shape index (κ1) is 13.1. The van der Waals surface area contributed by atoms with Crippen LogP contribution >= 0.6 is 11.6 Å². The van der Waals surface area contributed by atoms with Crippen LogP contribution in [0, 0.1) is 6.92 Å². The summed E-state index contributed by atoms with van der Waals surface area (Å²) in [5, 5.41) is 8.65. The second-order valence-electron chi connectivity index (χ2n) is 4.38. The lowest BCUT2D eigenvalue weighted by Gasteiger charge is -2.18. The molecule has 1 atom stereocenters. The number of halogens is 1. The van der Waals surface area contributed by atoms with Crippen molar-refractivity contribution in [2.45, 2.75) is 19.9 Å². The molecule has 1 aromatic heterocycles. The summed E-state index contributed by atoms with van der Waals surface area (Å²) in [4.78, 5) is 0. The number of rotatable bonds is 4. The summed E-state index contributed by atoms with van der Waals surface area (Å²) in [6.45, 7) is 5.01. The van der Waals surface area contributed by atoms with E-state index < -0.39 is 0 Å². The van der Waals surface area contributed by atoms with Crippen LogP contribution in [-0.2, 0) is 7.05 Å². The van der Waals surface area contributed by atoms with E-state index in [0.29, 0.717) is 0 Å². The van der Waals surface area contributed by atoms with Gasteiger partial charge in [0.25, 0.3) is 0 Å². The highest BCUT2D eigenvalue weighted by Crippen LogP contribution is 2.23. The molecule has 0 amide bonds. The molecule has 0 radical (unpaired) electrons. The standard InChI is InChI=1S/C14H18ClN3/c1-4-16-14(11-5-7-12(15)8-6-11)13-9-10(2)17-18(13)3/h5-9,14,16H,4H2,1-3H3. The zero-order valence-corrected chi connectivity index (χ0v) is 11.7.